The van der Waals surface area contributed by atoms with Crippen molar-refractivity contribution in [1.82, 2.24) is 20.1 Å². The molecule has 2 aromatic carbocycles. The largest absolute Gasteiger partial charge is 0.356 e. The number of nitrogens with one attached hydrogen (secondary N) is 2. The summed E-state index contributed by atoms with van der Waals surface area (Å²) in [6, 6.07) is 16.8. The van der Waals surface area contributed by atoms with E-state index < -0.39 is 0 Å². The van der Waals surface area contributed by atoms with Crippen LogP contribution in [0.2, 0.25) is 0 Å². The van der Waals surface area contributed by atoms with Gasteiger partial charge in [-0.25, -0.2) is 9.07 Å². The minimum atomic E-state index is -0.365. The normalized spacial score (nSPS) is 15.6. The Hall–Kier alpha value is -3.74. The number of amides is 1. The third kappa shape index (κ3) is 3.74. The highest BCUT2D eigenvalue weighted by Crippen LogP contribution is 2.34. The van der Waals surface area contributed by atoms with Gasteiger partial charge in [-0.1, -0.05) is 18.2 Å². The van der Waals surface area contributed by atoms with Crippen LogP contribution in [-0.4, -0.2) is 20.7 Å². The molecular formula is C24H21FN4O2. The van der Waals surface area contributed by atoms with Crippen LogP contribution in [0.15, 0.2) is 65.5 Å². The van der Waals surface area contributed by atoms with Crippen molar-refractivity contribution in [1.29, 1.82) is 0 Å². The molecule has 0 unspecified atom stereocenters. The Balaban J connectivity index is 1.36. The smallest absolute Gasteiger partial charge is 0.267 e. The molecule has 1 aliphatic carbocycles. The summed E-state index contributed by atoms with van der Waals surface area (Å²) in [5, 5.41) is 8.55. The van der Waals surface area contributed by atoms with E-state index in [0.29, 0.717) is 11.3 Å². The minimum Gasteiger partial charge on any atom is -0.356 e. The molecule has 156 valence electrons. The van der Waals surface area contributed by atoms with Gasteiger partial charge in [-0.15, -0.1) is 0 Å². The molecule has 2 heterocycles. The Labute approximate surface area is 177 Å². The fourth-order valence-corrected chi connectivity index (χ4v) is 4.27. The fourth-order valence-electron chi connectivity index (χ4n) is 4.27. The molecule has 5 rings (SSSR count). The number of carbonyl (C=O) groups excluding carboxylic acids is 1. The number of para-hydroxylation sites is 1. The SMILES string of the molecule is O=C(Cn1nc(-c2ccc(F)cc2)ccc1=O)N[C@@H]1CCCc2c1[nH]c1ccccc21. The van der Waals surface area contributed by atoms with E-state index in [2.05, 4.69) is 21.5 Å². The molecule has 31 heavy (non-hydrogen) atoms. The molecule has 7 heteroatoms. The van der Waals surface area contributed by atoms with Gasteiger partial charge in [-0.3, -0.25) is 9.59 Å². The van der Waals surface area contributed by atoms with Crippen molar-refractivity contribution in [2.24, 2.45) is 0 Å². The molecule has 0 aliphatic heterocycles. The predicted molar refractivity (Wildman–Crippen MR) is 116 cm³/mol. The van der Waals surface area contributed by atoms with Crippen LogP contribution in [0.25, 0.3) is 22.2 Å². The average Bonchev–Trinajstić information content (AvgIpc) is 3.16. The first-order valence-electron chi connectivity index (χ1n) is 10.3. The third-order valence-corrected chi connectivity index (χ3v) is 5.75. The van der Waals surface area contributed by atoms with E-state index in [0.717, 1.165) is 35.2 Å². The minimum absolute atomic E-state index is 0.125. The second-order valence-electron chi connectivity index (χ2n) is 7.80. The summed E-state index contributed by atoms with van der Waals surface area (Å²) in [6.45, 7) is -0.181. The monoisotopic (exact) mass is 416 g/mol. The Kier molecular flexibility index (Phi) is 4.86. The van der Waals surface area contributed by atoms with Gasteiger partial charge in [0, 0.05) is 28.2 Å². The first kappa shape index (κ1) is 19.2. The second-order valence-corrected chi connectivity index (χ2v) is 7.80. The van der Waals surface area contributed by atoms with Gasteiger partial charge in [-0.2, -0.15) is 5.10 Å². The zero-order valence-electron chi connectivity index (χ0n) is 16.8. The number of carbonyl (C=O) groups is 1. The quantitative estimate of drug-likeness (QED) is 0.532. The number of H-pyrrole nitrogens is 1. The third-order valence-electron chi connectivity index (χ3n) is 5.75. The predicted octanol–water partition coefficient (Wildman–Crippen LogP) is 3.72. The van der Waals surface area contributed by atoms with Gasteiger partial charge < -0.3 is 10.3 Å². The Morgan fingerprint density at radius 3 is 2.77 bits per heavy atom. The van der Waals surface area contributed by atoms with Gasteiger partial charge in [0.2, 0.25) is 5.91 Å². The van der Waals surface area contributed by atoms with Crippen LogP contribution in [0, 0.1) is 5.82 Å². The fraction of sp³-hybridized carbons (Fsp3) is 0.208. The molecule has 6 nitrogen and oxygen atoms in total. The maximum atomic E-state index is 13.2. The lowest BCUT2D eigenvalue weighted by Crippen LogP contribution is -2.36. The number of benzene rings is 2. The average molecular weight is 416 g/mol. The number of hydrogen-bond donors (Lipinski definition) is 2. The molecule has 1 aliphatic rings. The van der Waals surface area contributed by atoms with Gasteiger partial charge in [0.15, 0.2) is 0 Å². The highest BCUT2D eigenvalue weighted by molar-refractivity contribution is 5.85. The molecule has 0 spiro atoms. The number of fused-ring (bicyclic) bond motifs is 3. The van der Waals surface area contributed by atoms with Gasteiger partial charge in [-0.05, 0) is 61.2 Å². The molecule has 2 N–H and O–H groups in total. The lowest BCUT2D eigenvalue weighted by Gasteiger charge is -2.24. The van der Waals surface area contributed by atoms with Crippen molar-refractivity contribution >= 4 is 16.8 Å². The number of aromatic amines is 1. The summed E-state index contributed by atoms with van der Waals surface area (Å²) < 4.78 is 14.3. The van der Waals surface area contributed by atoms with E-state index in [1.165, 1.54) is 29.1 Å². The van der Waals surface area contributed by atoms with Crippen molar-refractivity contribution < 1.29 is 9.18 Å². The van der Waals surface area contributed by atoms with E-state index in [4.69, 9.17) is 0 Å². The topological polar surface area (TPSA) is 79.8 Å². The maximum Gasteiger partial charge on any atom is 0.267 e. The van der Waals surface area contributed by atoms with Crippen LogP contribution in [0.4, 0.5) is 4.39 Å². The van der Waals surface area contributed by atoms with Crippen LogP contribution in [0.3, 0.4) is 0 Å². The zero-order valence-corrected chi connectivity index (χ0v) is 16.8. The van der Waals surface area contributed by atoms with Crippen LogP contribution < -0.4 is 10.9 Å². The molecule has 1 amide bonds. The number of rotatable bonds is 4. The Bertz CT molecular complexity index is 1320. The first-order valence-corrected chi connectivity index (χ1v) is 10.3. The lowest BCUT2D eigenvalue weighted by atomic mass is 9.91. The van der Waals surface area contributed by atoms with Crippen molar-refractivity contribution in [2.75, 3.05) is 0 Å². The van der Waals surface area contributed by atoms with E-state index in [1.54, 1.807) is 18.2 Å². The van der Waals surface area contributed by atoms with Gasteiger partial charge in [0.05, 0.1) is 11.7 Å². The van der Waals surface area contributed by atoms with E-state index in [-0.39, 0.29) is 29.9 Å². The number of aromatic nitrogens is 3. The van der Waals surface area contributed by atoms with E-state index >= 15 is 0 Å². The van der Waals surface area contributed by atoms with Gasteiger partial charge in [0.1, 0.15) is 12.4 Å². The summed E-state index contributed by atoms with van der Waals surface area (Å²) in [4.78, 5) is 28.5. The Morgan fingerprint density at radius 1 is 1.13 bits per heavy atom. The van der Waals surface area contributed by atoms with Crippen LogP contribution in [0.5, 0.6) is 0 Å². The number of hydrogen-bond acceptors (Lipinski definition) is 3. The molecule has 0 saturated heterocycles. The van der Waals surface area contributed by atoms with E-state index in [9.17, 15) is 14.0 Å². The molecule has 0 fully saturated rings. The number of aryl methyl sites for hydroxylation is 1. The standard InChI is InChI=1S/C24H21FN4O2/c25-16-10-8-15(9-11-16)19-12-13-23(31)29(28-19)14-22(30)26-21-7-3-5-18-17-4-1-2-6-20(17)27-24(18)21/h1-2,4,6,8-13,21,27H,3,5,7,14H2,(H,26,30)/t21-/m1/s1. The van der Waals surface area contributed by atoms with Gasteiger partial charge >= 0.3 is 0 Å². The molecule has 0 radical (unpaired) electrons. The zero-order chi connectivity index (χ0) is 21.4. The number of halogens is 1. The maximum absolute atomic E-state index is 13.2. The number of nitrogens with zero attached hydrogens (tertiary/aromatic N) is 2. The summed E-state index contributed by atoms with van der Waals surface area (Å²) in [5.74, 6) is -0.623. The van der Waals surface area contributed by atoms with Crippen molar-refractivity contribution in [3.63, 3.8) is 0 Å². The van der Waals surface area contributed by atoms with Crippen molar-refractivity contribution in [3.8, 4) is 11.3 Å². The van der Waals surface area contributed by atoms with E-state index in [1.807, 2.05) is 18.2 Å². The molecule has 4 aromatic rings. The summed E-state index contributed by atoms with van der Waals surface area (Å²) in [7, 11) is 0. The molecule has 0 saturated carbocycles. The van der Waals surface area contributed by atoms with Crippen LogP contribution in [-0.2, 0) is 17.8 Å². The lowest BCUT2D eigenvalue weighted by molar-refractivity contribution is -0.122. The molecule has 2 aromatic heterocycles. The van der Waals surface area contributed by atoms with Crippen LogP contribution >= 0.6 is 0 Å². The summed E-state index contributed by atoms with van der Waals surface area (Å²) >= 11 is 0. The Morgan fingerprint density at radius 2 is 1.94 bits per heavy atom. The summed E-state index contributed by atoms with van der Waals surface area (Å²) in [6.07, 6.45) is 2.80. The van der Waals surface area contributed by atoms with Crippen LogP contribution in [0.1, 0.15) is 30.1 Å². The van der Waals surface area contributed by atoms with Crippen molar-refractivity contribution in [3.05, 3.63) is 88.1 Å². The highest BCUT2D eigenvalue weighted by atomic mass is 19.1. The van der Waals surface area contributed by atoms with Gasteiger partial charge in [0.25, 0.3) is 5.56 Å². The molecule has 0 bridgehead atoms. The molecule has 1 atom stereocenters. The summed E-state index contributed by atoms with van der Waals surface area (Å²) in [5.41, 5.74) is 4.17. The second kappa shape index (κ2) is 7.83. The highest BCUT2D eigenvalue weighted by Gasteiger charge is 2.25. The van der Waals surface area contributed by atoms with Crippen molar-refractivity contribution in [2.45, 2.75) is 31.8 Å². The first-order chi connectivity index (χ1) is 15.1. The molecular weight excluding hydrogens is 395 g/mol.